The third kappa shape index (κ3) is 3.93. The second kappa shape index (κ2) is 8.15. The van der Waals surface area contributed by atoms with Crippen molar-refractivity contribution in [2.45, 2.75) is 45.4 Å². The monoisotopic (exact) mass is 421 g/mol. The summed E-state index contributed by atoms with van der Waals surface area (Å²) in [4.78, 5) is 31.9. The molecule has 1 saturated heterocycles. The topological polar surface area (TPSA) is 71.4 Å². The van der Waals surface area contributed by atoms with Crippen molar-refractivity contribution in [2.24, 2.45) is 11.1 Å². The summed E-state index contributed by atoms with van der Waals surface area (Å²) in [6, 6.07) is 17.3. The summed E-state index contributed by atoms with van der Waals surface area (Å²) >= 11 is 0. The summed E-state index contributed by atoms with van der Waals surface area (Å²) in [5.74, 6) is -0.160. The molecule has 2 amide bonds. The Labute approximate surface area is 182 Å². The zero-order valence-corrected chi connectivity index (χ0v) is 18.2. The van der Waals surface area contributed by atoms with Crippen molar-refractivity contribution in [1.29, 1.82) is 0 Å². The van der Waals surface area contributed by atoms with Gasteiger partial charge >= 0.3 is 0 Å². The van der Waals surface area contributed by atoms with Crippen LogP contribution < -0.4 is 4.74 Å². The largest absolute Gasteiger partial charge is 0.497 e. The van der Waals surface area contributed by atoms with Crippen LogP contribution in [0.5, 0.6) is 5.75 Å². The second-order valence-corrected chi connectivity index (χ2v) is 8.60. The van der Waals surface area contributed by atoms with E-state index in [0.29, 0.717) is 12.3 Å². The number of carbonyl (C=O) groups is 2. The maximum atomic E-state index is 13.5. The lowest BCUT2D eigenvalue weighted by Crippen LogP contribution is -2.53. The summed E-state index contributed by atoms with van der Waals surface area (Å²) < 4.78 is 5.20. The minimum atomic E-state index is -0.853. The Morgan fingerprint density at radius 1 is 1.16 bits per heavy atom. The SMILES string of the molecule is COc1ccc(C2=NO[C@H](C(=O)N3C(=O)CC(C)(C)N3Cc3ccccc3)[C@H]2C)cc1. The highest BCUT2D eigenvalue weighted by Gasteiger charge is 2.51. The summed E-state index contributed by atoms with van der Waals surface area (Å²) in [5, 5.41) is 7.29. The van der Waals surface area contributed by atoms with Gasteiger partial charge in [-0.3, -0.25) is 9.59 Å². The minimum Gasteiger partial charge on any atom is -0.497 e. The molecule has 2 aromatic carbocycles. The lowest BCUT2D eigenvalue weighted by molar-refractivity contribution is -0.170. The molecule has 7 nitrogen and oxygen atoms in total. The molecule has 1 fully saturated rings. The Morgan fingerprint density at radius 3 is 2.48 bits per heavy atom. The molecule has 0 aromatic heterocycles. The maximum absolute atomic E-state index is 13.5. The van der Waals surface area contributed by atoms with Gasteiger partial charge in [0.05, 0.1) is 18.7 Å². The van der Waals surface area contributed by atoms with E-state index in [2.05, 4.69) is 5.16 Å². The Balaban J connectivity index is 1.55. The average Bonchev–Trinajstić information content (AvgIpc) is 3.24. The molecule has 31 heavy (non-hydrogen) atoms. The standard InChI is InChI=1S/C24H27N3O4/c1-16-21(18-10-12-19(30-4)13-11-18)25-31-22(16)23(29)27-20(28)14-24(2,3)26(27)15-17-8-6-5-7-9-17/h5-13,16,22H,14-15H2,1-4H3/t16-,22-/m0/s1. The van der Waals surface area contributed by atoms with E-state index < -0.39 is 11.6 Å². The summed E-state index contributed by atoms with van der Waals surface area (Å²) in [6.07, 6.45) is -0.591. The molecule has 0 aliphatic carbocycles. The molecule has 0 N–H and O–H groups in total. The van der Waals surface area contributed by atoms with Crippen LogP contribution in [0.2, 0.25) is 0 Å². The summed E-state index contributed by atoms with van der Waals surface area (Å²) in [6.45, 7) is 6.29. The van der Waals surface area contributed by atoms with E-state index >= 15 is 0 Å². The van der Waals surface area contributed by atoms with E-state index in [-0.39, 0.29) is 24.2 Å². The van der Waals surface area contributed by atoms with Crippen molar-refractivity contribution in [1.82, 2.24) is 10.0 Å². The van der Waals surface area contributed by atoms with Gasteiger partial charge in [0.15, 0.2) is 0 Å². The molecule has 2 aliphatic heterocycles. The average molecular weight is 421 g/mol. The fraction of sp³-hybridized carbons (Fsp3) is 0.375. The van der Waals surface area contributed by atoms with Gasteiger partial charge in [-0.15, -0.1) is 0 Å². The number of rotatable bonds is 5. The number of methoxy groups -OCH3 is 1. The van der Waals surface area contributed by atoms with Crippen molar-refractivity contribution in [2.75, 3.05) is 7.11 Å². The van der Waals surface area contributed by atoms with Crippen molar-refractivity contribution in [3.05, 3.63) is 65.7 Å². The predicted molar refractivity (Wildman–Crippen MR) is 116 cm³/mol. The van der Waals surface area contributed by atoms with Gasteiger partial charge in [-0.2, -0.15) is 0 Å². The van der Waals surface area contributed by atoms with Crippen LogP contribution in [0.4, 0.5) is 0 Å². The van der Waals surface area contributed by atoms with Crippen LogP contribution in [0.15, 0.2) is 59.8 Å². The molecule has 2 aromatic rings. The van der Waals surface area contributed by atoms with Gasteiger partial charge in [-0.25, -0.2) is 10.0 Å². The highest BCUT2D eigenvalue weighted by molar-refractivity contribution is 6.07. The number of imide groups is 1. The molecular formula is C24H27N3O4. The van der Waals surface area contributed by atoms with Crippen LogP contribution in [-0.2, 0) is 21.0 Å². The lowest BCUT2D eigenvalue weighted by atomic mass is 9.93. The summed E-state index contributed by atoms with van der Waals surface area (Å²) in [7, 11) is 1.61. The number of hydrogen-bond donors (Lipinski definition) is 0. The highest BCUT2D eigenvalue weighted by atomic mass is 16.6. The third-order valence-electron chi connectivity index (χ3n) is 5.92. The molecule has 7 heteroatoms. The van der Waals surface area contributed by atoms with Gasteiger partial charge in [-0.1, -0.05) is 42.4 Å². The Bertz CT molecular complexity index is 1000. The fourth-order valence-electron chi connectivity index (χ4n) is 4.11. The first kappa shape index (κ1) is 21.1. The predicted octanol–water partition coefficient (Wildman–Crippen LogP) is 3.39. The van der Waals surface area contributed by atoms with Gasteiger partial charge in [0, 0.05) is 24.1 Å². The zero-order chi connectivity index (χ0) is 22.2. The van der Waals surface area contributed by atoms with Gasteiger partial charge in [0.25, 0.3) is 5.91 Å². The van der Waals surface area contributed by atoms with Crippen molar-refractivity contribution >= 4 is 17.5 Å². The van der Waals surface area contributed by atoms with Crippen molar-refractivity contribution in [3.8, 4) is 5.75 Å². The third-order valence-corrected chi connectivity index (χ3v) is 5.92. The molecule has 2 atom stereocenters. The summed E-state index contributed by atoms with van der Waals surface area (Å²) in [5.41, 5.74) is 2.09. The zero-order valence-electron chi connectivity index (χ0n) is 18.2. The first-order chi connectivity index (χ1) is 14.8. The van der Waals surface area contributed by atoms with E-state index in [1.54, 1.807) is 7.11 Å². The van der Waals surface area contributed by atoms with Crippen LogP contribution in [0.3, 0.4) is 0 Å². The molecule has 0 radical (unpaired) electrons. The van der Waals surface area contributed by atoms with Crippen molar-refractivity contribution < 1.29 is 19.2 Å². The lowest BCUT2D eigenvalue weighted by Gasteiger charge is -2.36. The number of benzene rings is 2. The molecule has 0 unspecified atom stereocenters. The molecule has 2 heterocycles. The fourth-order valence-corrected chi connectivity index (χ4v) is 4.11. The molecule has 162 valence electrons. The van der Waals surface area contributed by atoms with E-state index in [9.17, 15) is 9.59 Å². The number of nitrogens with zero attached hydrogens (tertiary/aromatic N) is 3. The Kier molecular flexibility index (Phi) is 5.54. The number of hydrazine groups is 1. The Morgan fingerprint density at radius 2 is 1.84 bits per heavy atom. The van der Waals surface area contributed by atoms with Gasteiger partial charge in [0.2, 0.25) is 12.0 Å². The number of carbonyl (C=O) groups excluding carboxylic acids is 2. The van der Waals surface area contributed by atoms with E-state index in [0.717, 1.165) is 16.9 Å². The molecule has 2 aliphatic rings. The van der Waals surface area contributed by atoms with E-state index in [1.165, 1.54) is 5.01 Å². The van der Waals surface area contributed by atoms with Crippen LogP contribution in [0.1, 0.15) is 38.3 Å². The highest BCUT2D eigenvalue weighted by Crippen LogP contribution is 2.34. The quantitative estimate of drug-likeness (QED) is 0.692. The number of hydrogen-bond acceptors (Lipinski definition) is 6. The van der Waals surface area contributed by atoms with Crippen LogP contribution >= 0.6 is 0 Å². The molecule has 0 saturated carbocycles. The maximum Gasteiger partial charge on any atom is 0.288 e. The van der Waals surface area contributed by atoms with E-state index in [1.807, 2.05) is 80.4 Å². The second-order valence-electron chi connectivity index (χ2n) is 8.60. The first-order valence-corrected chi connectivity index (χ1v) is 10.4. The Hall–Kier alpha value is -3.19. The van der Waals surface area contributed by atoms with Crippen LogP contribution in [0.25, 0.3) is 0 Å². The molecular weight excluding hydrogens is 394 g/mol. The van der Waals surface area contributed by atoms with Gasteiger partial charge in [-0.05, 0) is 43.7 Å². The molecule has 4 rings (SSSR count). The number of oxime groups is 1. The first-order valence-electron chi connectivity index (χ1n) is 10.4. The normalized spacial score (nSPS) is 22.9. The molecule has 0 bridgehead atoms. The van der Waals surface area contributed by atoms with Gasteiger partial charge in [0.1, 0.15) is 5.75 Å². The van der Waals surface area contributed by atoms with Gasteiger partial charge < -0.3 is 9.57 Å². The van der Waals surface area contributed by atoms with Crippen molar-refractivity contribution in [3.63, 3.8) is 0 Å². The molecule has 0 spiro atoms. The smallest absolute Gasteiger partial charge is 0.288 e. The van der Waals surface area contributed by atoms with Crippen LogP contribution in [-0.4, -0.2) is 46.3 Å². The number of ether oxygens (including phenoxy) is 1. The number of amides is 2. The van der Waals surface area contributed by atoms with E-state index in [4.69, 9.17) is 9.57 Å². The minimum absolute atomic E-state index is 0.223. The van der Waals surface area contributed by atoms with Crippen LogP contribution in [0, 0.1) is 5.92 Å².